The van der Waals surface area contributed by atoms with E-state index < -0.39 is 9.84 Å². The molecule has 1 aromatic heterocycles. The Hall–Kier alpha value is -0.880. The summed E-state index contributed by atoms with van der Waals surface area (Å²) in [6, 6.07) is 0. The third-order valence-corrected chi connectivity index (χ3v) is 2.79. The standard InChI is InChI=1S/C7H12N2O3S/c1-3-9-5-8-7(6(9)4-10)13(2,11)12/h5,10H,3-4H2,1-2H3. The molecule has 0 amide bonds. The number of rotatable bonds is 3. The Morgan fingerprint density at radius 1 is 1.62 bits per heavy atom. The third-order valence-electron chi connectivity index (χ3n) is 1.75. The highest BCUT2D eigenvalue weighted by molar-refractivity contribution is 7.90. The summed E-state index contributed by atoms with van der Waals surface area (Å²) >= 11 is 0. The van der Waals surface area contributed by atoms with Crippen LogP contribution in [0, 0.1) is 0 Å². The highest BCUT2D eigenvalue weighted by Crippen LogP contribution is 2.13. The second-order valence-electron chi connectivity index (χ2n) is 2.71. The number of aliphatic hydroxyl groups is 1. The Kier molecular flexibility index (Phi) is 2.72. The molecule has 0 saturated carbocycles. The monoisotopic (exact) mass is 204 g/mol. The first-order valence-electron chi connectivity index (χ1n) is 3.85. The van der Waals surface area contributed by atoms with Crippen LogP contribution >= 0.6 is 0 Å². The summed E-state index contributed by atoms with van der Waals surface area (Å²) in [4.78, 5) is 3.74. The van der Waals surface area contributed by atoms with Crippen LogP contribution in [0.25, 0.3) is 0 Å². The van der Waals surface area contributed by atoms with Crippen LogP contribution in [0.2, 0.25) is 0 Å². The van der Waals surface area contributed by atoms with Gasteiger partial charge in [0.1, 0.15) is 0 Å². The van der Waals surface area contributed by atoms with E-state index >= 15 is 0 Å². The van der Waals surface area contributed by atoms with E-state index in [1.165, 1.54) is 6.33 Å². The normalized spacial score (nSPS) is 11.9. The molecular weight excluding hydrogens is 192 g/mol. The molecule has 0 aromatic carbocycles. The highest BCUT2D eigenvalue weighted by atomic mass is 32.2. The van der Waals surface area contributed by atoms with Gasteiger partial charge >= 0.3 is 0 Å². The van der Waals surface area contributed by atoms with E-state index in [2.05, 4.69) is 4.98 Å². The zero-order valence-electron chi connectivity index (χ0n) is 7.56. The predicted octanol–water partition coefficient (Wildman–Crippen LogP) is -0.201. The van der Waals surface area contributed by atoms with Crippen molar-refractivity contribution >= 4 is 9.84 Å². The lowest BCUT2D eigenvalue weighted by atomic mass is 10.5. The molecule has 6 heteroatoms. The van der Waals surface area contributed by atoms with Crippen LogP contribution in [-0.2, 0) is 23.0 Å². The first-order valence-corrected chi connectivity index (χ1v) is 5.74. The molecule has 13 heavy (non-hydrogen) atoms. The molecule has 1 N–H and O–H groups in total. The van der Waals surface area contributed by atoms with Gasteiger partial charge in [0.2, 0.25) is 0 Å². The molecule has 0 aliphatic heterocycles. The van der Waals surface area contributed by atoms with Gasteiger partial charge in [-0.2, -0.15) is 0 Å². The molecular formula is C7H12N2O3S. The zero-order valence-corrected chi connectivity index (χ0v) is 8.37. The molecule has 74 valence electrons. The molecule has 0 aliphatic carbocycles. The first kappa shape index (κ1) is 10.2. The SMILES string of the molecule is CCn1cnc(S(C)(=O)=O)c1CO. The van der Waals surface area contributed by atoms with Crippen molar-refractivity contribution in [1.29, 1.82) is 0 Å². The third kappa shape index (κ3) is 1.89. The molecule has 5 nitrogen and oxygen atoms in total. The number of hydrogen-bond donors (Lipinski definition) is 1. The van der Waals surface area contributed by atoms with Gasteiger partial charge in [0, 0.05) is 12.8 Å². The van der Waals surface area contributed by atoms with Crippen molar-refractivity contribution in [2.75, 3.05) is 6.26 Å². The molecule has 1 heterocycles. The number of nitrogens with zero attached hydrogens (tertiary/aromatic N) is 2. The van der Waals surface area contributed by atoms with Gasteiger partial charge in [0.05, 0.1) is 18.6 Å². The quantitative estimate of drug-likeness (QED) is 0.740. The fourth-order valence-corrected chi connectivity index (χ4v) is 1.98. The molecule has 0 bridgehead atoms. The van der Waals surface area contributed by atoms with Crippen molar-refractivity contribution in [3.05, 3.63) is 12.0 Å². The van der Waals surface area contributed by atoms with Crippen LogP contribution in [0.4, 0.5) is 0 Å². The van der Waals surface area contributed by atoms with Gasteiger partial charge in [-0.1, -0.05) is 0 Å². The van der Waals surface area contributed by atoms with E-state index in [4.69, 9.17) is 5.11 Å². The van der Waals surface area contributed by atoms with Crippen LogP contribution < -0.4 is 0 Å². The molecule has 0 radical (unpaired) electrons. The molecule has 0 atom stereocenters. The fourth-order valence-electron chi connectivity index (χ4n) is 1.13. The van der Waals surface area contributed by atoms with Crippen molar-refractivity contribution in [3.63, 3.8) is 0 Å². The van der Waals surface area contributed by atoms with Crippen molar-refractivity contribution in [2.45, 2.75) is 25.1 Å². The van der Waals surface area contributed by atoms with E-state index in [0.29, 0.717) is 12.2 Å². The van der Waals surface area contributed by atoms with E-state index in [1.807, 2.05) is 6.92 Å². The van der Waals surface area contributed by atoms with Crippen molar-refractivity contribution < 1.29 is 13.5 Å². The first-order chi connectivity index (χ1) is 6.00. The second-order valence-corrected chi connectivity index (χ2v) is 4.64. The fraction of sp³-hybridized carbons (Fsp3) is 0.571. The van der Waals surface area contributed by atoms with E-state index in [0.717, 1.165) is 6.26 Å². The molecule has 0 fully saturated rings. The lowest BCUT2D eigenvalue weighted by molar-refractivity contribution is 0.267. The van der Waals surface area contributed by atoms with Crippen molar-refractivity contribution in [1.82, 2.24) is 9.55 Å². The Morgan fingerprint density at radius 3 is 2.62 bits per heavy atom. The van der Waals surface area contributed by atoms with Crippen LogP contribution in [0.3, 0.4) is 0 Å². The minimum absolute atomic E-state index is 0.0307. The summed E-state index contributed by atoms with van der Waals surface area (Å²) in [6.45, 7) is 2.14. The molecule has 0 saturated heterocycles. The van der Waals surface area contributed by atoms with Crippen molar-refractivity contribution in [3.8, 4) is 0 Å². The zero-order chi connectivity index (χ0) is 10.1. The lowest BCUT2D eigenvalue weighted by Gasteiger charge is -2.02. The summed E-state index contributed by atoms with van der Waals surface area (Å²) in [5.74, 6) is 0. The summed E-state index contributed by atoms with van der Waals surface area (Å²) in [5, 5.41) is 8.93. The molecule has 0 spiro atoms. The van der Waals surface area contributed by atoms with Crippen LogP contribution in [-0.4, -0.2) is 29.3 Å². The van der Waals surface area contributed by atoms with E-state index in [-0.39, 0.29) is 11.6 Å². The minimum Gasteiger partial charge on any atom is -0.390 e. The van der Waals surface area contributed by atoms with Crippen LogP contribution in [0.15, 0.2) is 11.4 Å². The topological polar surface area (TPSA) is 72.2 Å². The second kappa shape index (κ2) is 3.47. The summed E-state index contributed by atoms with van der Waals surface area (Å²) in [7, 11) is -3.33. The Bertz CT molecular complexity index is 394. The Labute approximate surface area is 76.9 Å². The van der Waals surface area contributed by atoms with Crippen molar-refractivity contribution in [2.24, 2.45) is 0 Å². The maximum absolute atomic E-state index is 11.2. The number of sulfone groups is 1. The smallest absolute Gasteiger partial charge is 0.194 e. The van der Waals surface area contributed by atoms with Crippen LogP contribution in [0.1, 0.15) is 12.6 Å². The number of aryl methyl sites for hydroxylation is 1. The number of hydrogen-bond acceptors (Lipinski definition) is 4. The van der Waals surface area contributed by atoms with Gasteiger partial charge in [-0.05, 0) is 6.92 Å². The highest BCUT2D eigenvalue weighted by Gasteiger charge is 2.17. The average molecular weight is 204 g/mol. The Balaban J connectivity index is 3.32. The maximum atomic E-state index is 11.2. The van der Waals surface area contributed by atoms with Gasteiger partial charge in [0.15, 0.2) is 14.9 Å². The van der Waals surface area contributed by atoms with Gasteiger partial charge < -0.3 is 9.67 Å². The van der Waals surface area contributed by atoms with E-state index in [9.17, 15) is 8.42 Å². The van der Waals surface area contributed by atoms with E-state index in [1.54, 1.807) is 4.57 Å². The molecule has 0 aliphatic rings. The number of aliphatic hydroxyl groups excluding tert-OH is 1. The molecule has 0 unspecified atom stereocenters. The summed E-state index contributed by atoms with van der Waals surface area (Å²) < 4.78 is 23.9. The number of aromatic nitrogens is 2. The van der Waals surface area contributed by atoms with Gasteiger partial charge in [-0.25, -0.2) is 13.4 Å². The van der Waals surface area contributed by atoms with Gasteiger partial charge in [0.25, 0.3) is 0 Å². The summed E-state index contributed by atoms with van der Waals surface area (Å²) in [5.41, 5.74) is 0.352. The molecule has 1 aromatic rings. The maximum Gasteiger partial charge on any atom is 0.194 e. The summed E-state index contributed by atoms with van der Waals surface area (Å²) in [6.07, 6.45) is 2.50. The Morgan fingerprint density at radius 2 is 2.23 bits per heavy atom. The minimum atomic E-state index is -3.33. The lowest BCUT2D eigenvalue weighted by Crippen LogP contribution is -2.06. The largest absolute Gasteiger partial charge is 0.390 e. The van der Waals surface area contributed by atoms with Gasteiger partial charge in [-0.15, -0.1) is 0 Å². The predicted molar refractivity (Wildman–Crippen MR) is 46.9 cm³/mol. The number of imidazole rings is 1. The van der Waals surface area contributed by atoms with Gasteiger partial charge in [-0.3, -0.25) is 0 Å². The molecule has 1 rings (SSSR count). The van der Waals surface area contributed by atoms with Crippen LogP contribution in [0.5, 0.6) is 0 Å². The average Bonchev–Trinajstić information content (AvgIpc) is 2.45.